The summed E-state index contributed by atoms with van der Waals surface area (Å²) in [5.41, 5.74) is 5.55. The summed E-state index contributed by atoms with van der Waals surface area (Å²) < 4.78 is 0. The molecule has 0 fully saturated rings. The van der Waals surface area contributed by atoms with Gasteiger partial charge >= 0.3 is 0 Å². The summed E-state index contributed by atoms with van der Waals surface area (Å²) >= 11 is 0. The average Bonchev–Trinajstić information content (AvgIpc) is 3.43. The lowest BCUT2D eigenvalue weighted by Crippen LogP contribution is -2.35. The maximum atomic E-state index is 12.8. The Morgan fingerprint density at radius 3 is 2.78 bits per heavy atom. The Morgan fingerprint density at radius 1 is 1.22 bits per heavy atom. The Morgan fingerprint density at radius 2 is 2.03 bits per heavy atom. The highest BCUT2D eigenvalue weighted by molar-refractivity contribution is 6.09. The second kappa shape index (κ2) is 7.05. The third-order valence-corrected chi connectivity index (χ3v) is 6.06. The molecule has 2 aromatic carbocycles. The lowest BCUT2D eigenvalue weighted by molar-refractivity contribution is -0.122. The molecule has 3 heterocycles. The van der Waals surface area contributed by atoms with Gasteiger partial charge in [0.15, 0.2) is 5.82 Å². The van der Waals surface area contributed by atoms with Gasteiger partial charge in [0.2, 0.25) is 5.91 Å². The number of rotatable bonds is 4. The van der Waals surface area contributed by atoms with Crippen molar-refractivity contribution in [3.8, 4) is 11.5 Å². The molecule has 0 aliphatic carbocycles. The summed E-state index contributed by atoms with van der Waals surface area (Å²) in [4.78, 5) is 35.3. The molecule has 32 heavy (non-hydrogen) atoms. The van der Waals surface area contributed by atoms with Crippen molar-refractivity contribution >= 4 is 34.2 Å². The number of H-pyrrole nitrogens is 2. The highest BCUT2D eigenvalue weighted by Gasteiger charge is 2.43. The molecule has 162 valence electrons. The monoisotopic (exact) mass is 428 g/mol. The van der Waals surface area contributed by atoms with E-state index >= 15 is 0 Å². The number of benzene rings is 2. The molecule has 1 aliphatic heterocycles. The Kier molecular flexibility index (Phi) is 4.40. The van der Waals surface area contributed by atoms with Crippen LogP contribution in [0.25, 0.3) is 22.6 Å². The van der Waals surface area contributed by atoms with Crippen LogP contribution in [-0.2, 0) is 10.2 Å². The van der Waals surface area contributed by atoms with Gasteiger partial charge in [-0.15, -0.1) is 0 Å². The zero-order valence-electron chi connectivity index (χ0n) is 18.4. The van der Waals surface area contributed by atoms with E-state index in [4.69, 9.17) is 4.98 Å². The van der Waals surface area contributed by atoms with Crippen LogP contribution in [0.3, 0.4) is 0 Å². The molecule has 8 nitrogen and oxygen atoms in total. The second-order valence-electron chi connectivity index (χ2n) is 8.63. The van der Waals surface area contributed by atoms with E-state index in [1.807, 2.05) is 58.0 Å². The first-order valence-corrected chi connectivity index (χ1v) is 10.6. The second-order valence-corrected chi connectivity index (χ2v) is 8.63. The smallest absolute Gasteiger partial charge is 0.255 e. The van der Waals surface area contributed by atoms with Crippen LogP contribution < -0.4 is 10.2 Å². The zero-order chi connectivity index (χ0) is 22.6. The molecule has 4 aromatic rings. The Bertz CT molecular complexity index is 1380. The molecule has 5 rings (SSSR count). The van der Waals surface area contributed by atoms with Crippen molar-refractivity contribution in [2.24, 2.45) is 0 Å². The van der Waals surface area contributed by atoms with Crippen LogP contribution in [0.2, 0.25) is 0 Å². The molecule has 0 saturated carbocycles. The van der Waals surface area contributed by atoms with Crippen molar-refractivity contribution in [2.45, 2.75) is 33.1 Å². The number of fused-ring (bicyclic) bond motifs is 2. The maximum absolute atomic E-state index is 12.8. The Balaban J connectivity index is 1.52. The van der Waals surface area contributed by atoms with Gasteiger partial charge in [-0.05, 0) is 57.5 Å². The van der Waals surface area contributed by atoms with Crippen LogP contribution in [0, 0.1) is 6.92 Å². The number of nitrogens with one attached hydrogen (secondary N) is 3. The molecule has 8 heteroatoms. The predicted octanol–water partition coefficient (Wildman–Crippen LogP) is 4.16. The molecule has 3 N–H and O–H groups in total. The number of anilines is 2. The number of aryl methyl sites for hydroxylation is 1. The molecule has 0 atom stereocenters. The fraction of sp³-hybridized carbons (Fsp3) is 0.250. The van der Waals surface area contributed by atoms with Crippen molar-refractivity contribution in [1.82, 2.24) is 20.2 Å². The first kappa shape index (κ1) is 20.0. The zero-order valence-corrected chi connectivity index (χ0v) is 18.4. The summed E-state index contributed by atoms with van der Waals surface area (Å²) in [5, 5.41) is 9.94. The number of carbonyl (C=O) groups is 2. The first-order valence-electron chi connectivity index (χ1n) is 10.6. The summed E-state index contributed by atoms with van der Waals surface area (Å²) in [6.07, 6.45) is 1.57. The summed E-state index contributed by atoms with van der Waals surface area (Å²) in [6, 6.07) is 11.3. The minimum Gasteiger partial charge on any atom is -0.337 e. The highest BCUT2D eigenvalue weighted by Crippen LogP contribution is 2.43. The molecule has 0 spiro atoms. The molecule has 2 aromatic heterocycles. The number of aromatic amines is 2. The van der Waals surface area contributed by atoms with Crippen LogP contribution in [0.5, 0.6) is 0 Å². The number of hydrogen-bond donors (Lipinski definition) is 3. The molecule has 0 unspecified atom stereocenters. The lowest BCUT2D eigenvalue weighted by atomic mass is 9.86. The summed E-state index contributed by atoms with van der Waals surface area (Å²) in [5.74, 6) is 0.441. The topological polar surface area (TPSA) is 107 Å². The SMILES string of the molecule is CCN1C(=O)C(C)(C)c2cc3[nH]c(-c4[nH]ncc4NC(=O)c4cccc(C)c4)nc3cc21. The minimum absolute atomic E-state index is 0.0950. The first-order chi connectivity index (χ1) is 15.3. The van der Waals surface area contributed by atoms with Crippen LogP contribution in [0.15, 0.2) is 42.6 Å². The number of imidazole rings is 1. The van der Waals surface area contributed by atoms with Crippen molar-refractivity contribution in [3.63, 3.8) is 0 Å². The standard InChI is InChI=1S/C24H24N6O2/c1-5-30-19-11-17-16(10-15(19)24(3,4)23(30)32)26-21(27-17)20-18(12-25-29-20)28-22(31)14-8-6-7-13(2)9-14/h6-12H,5H2,1-4H3,(H,25,29)(H,26,27)(H,28,31). The number of hydrogen-bond acceptors (Lipinski definition) is 4. The van der Waals surface area contributed by atoms with Crippen LogP contribution in [0.1, 0.15) is 42.3 Å². The average molecular weight is 428 g/mol. The number of amides is 2. The van der Waals surface area contributed by atoms with Gasteiger partial charge in [0.05, 0.1) is 34.0 Å². The van der Waals surface area contributed by atoms with Crippen LogP contribution in [0.4, 0.5) is 11.4 Å². The van der Waals surface area contributed by atoms with Crippen molar-refractivity contribution in [1.29, 1.82) is 0 Å². The van der Waals surface area contributed by atoms with Crippen molar-refractivity contribution in [3.05, 3.63) is 59.3 Å². The third-order valence-electron chi connectivity index (χ3n) is 6.06. The van der Waals surface area contributed by atoms with Gasteiger partial charge in [-0.3, -0.25) is 14.7 Å². The van der Waals surface area contributed by atoms with E-state index in [0.29, 0.717) is 29.3 Å². The number of nitrogens with zero attached hydrogens (tertiary/aromatic N) is 3. The van der Waals surface area contributed by atoms with Crippen molar-refractivity contribution in [2.75, 3.05) is 16.8 Å². The van der Waals surface area contributed by atoms with Gasteiger partial charge in [-0.1, -0.05) is 17.7 Å². The normalized spacial score (nSPS) is 14.8. The number of carbonyl (C=O) groups excluding carboxylic acids is 2. The maximum Gasteiger partial charge on any atom is 0.255 e. The predicted molar refractivity (Wildman–Crippen MR) is 124 cm³/mol. The van der Waals surface area contributed by atoms with E-state index in [1.165, 1.54) is 0 Å². The highest BCUT2D eigenvalue weighted by atomic mass is 16.2. The van der Waals surface area contributed by atoms with Gasteiger partial charge in [-0.2, -0.15) is 5.10 Å². The molecule has 0 radical (unpaired) electrons. The van der Waals surface area contributed by atoms with E-state index in [9.17, 15) is 9.59 Å². The number of likely N-dealkylation sites (N-methyl/N-ethyl adjacent to an activating group) is 1. The molecular weight excluding hydrogens is 404 g/mol. The van der Waals surface area contributed by atoms with Gasteiger partial charge in [-0.25, -0.2) is 4.98 Å². The van der Waals surface area contributed by atoms with Gasteiger partial charge < -0.3 is 15.2 Å². The van der Waals surface area contributed by atoms with E-state index in [1.54, 1.807) is 17.2 Å². The quantitative estimate of drug-likeness (QED) is 0.454. The number of aromatic nitrogens is 4. The van der Waals surface area contributed by atoms with Gasteiger partial charge in [0.1, 0.15) is 5.69 Å². The van der Waals surface area contributed by atoms with Crippen LogP contribution >= 0.6 is 0 Å². The molecule has 1 aliphatic rings. The molecular formula is C24H24N6O2. The van der Waals surface area contributed by atoms with E-state index in [-0.39, 0.29) is 11.8 Å². The minimum atomic E-state index is -0.592. The van der Waals surface area contributed by atoms with Gasteiger partial charge in [0, 0.05) is 12.1 Å². The van der Waals surface area contributed by atoms with Crippen LogP contribution in [-0.4, -0.2) is 38.5 Å². The summed E-state index contributed by atoms with van der Waals surface area (Å²) in [7, 11) is 0. The molecule has 0 bridgehead atoms. The fourth-order valence-electron chi connectivity index (χ4n) is 4.31. The molecule has 0 saturated heterocycles. The molecule has 2 amide bonds. The van der Waals surface area contributed by atoms with E-state index < -0.39 is 5.41 Å². The fourth-order valence-corrected chi connectivity index (χ4v) is 4.31. The van der Waals surface area contributed by atoms with E-state index in [2.05, 4.69) is 20.5 Å². The van der Waals surface area contributed by atoms with Gasteiger partial charge in [0.25, 0.3) is 5.91 Å². The third kappa shape index (κ3) is 2.98. The Hall–Kier alpha value is -3.94. The largest absolute Gasteiger partial charge is 0.337 e. The van der Waals surface area contributed by atoms with E-state index in [0.717, 1.165) is 27.8 Å². The lowest BCUT2D eigenvalue weighted by Gasteiger charge is -2.18. The summed E-state index contributed by atoms with van der Waals surface area (Å²) in [6.45, 7) is 8.41. The van der Waals surface area contributed by atoms with Crippen molar-refractivity contribution < 1.29 is 9.59 Å². The Labute approximate surface area is 185 Å².